The SMILES string of the molecule is CN(C(=O)c1cc2n(n1)[C@@H](C(F)(F)F)C[C@H](c1ccc3c(c1)OCO3)N2)c1ccc(OC(F)(F)F)cc1. The van der Waals surface area contributed by atoms with Crippen LogP contribution in [0.5, 0.6) is 17.2 Å². The number of fused-ring (bicyclic) bond motifs is 2. The van der Waals surface area contributed by atoms with Crippen LogP contribution in [0.3, 0.4) is 0 Å². The van der Waals surface area contributed by atoms with Crippen LogP contribution in [0.1, 0.15) is 34.6 Å². The van der Waals surface area contributed by atoms with E-state index >= 15 is 0 Å². The first-order chi connectivity index (χ1) is 17.4. The van der Waals surface area contributed by atoms with Gasteiger partial charge in [0.15, 0.2) is 23.2 Å². The third-order valence-electron chi connectivity index (χ3n) is 5.97. The number of hydrogen-bond acceptors (Lipinski definition) is 6. The fourth-order valence-corrected chi connectivity index (χ4v) is 4.19. The number of alkyl halides is 6. The summed E-state index contributed by atoms with van der Waals surface area (Å²) in [4.78, 5) is 14.1. The Labute approximate surface area is 205 Å². The van der Waals surface area contributed by atoms with Crippen molar-refractivity contribution in [2.24, 2.45) is 0 Å². The molecule has 2 aliphatic heterocycles. The lowest BCUT2D eigenvalue weighted by molar-refractivity contribution is -0.274. The number of anilines is 2. The molecule has 1 aromatic heterocycles. The summed E-state index contributed by atoms with van der Waals surface area (Å²) in [7, 11) is 1.32. The van der Waals surface area contributed by atoms with Gasteiger partial charge in [0.1, 0.15) is 11.6 Å². The van der Waals surface area contributed by atoms with Crippen LogP contribution >= 0.6 is 0 Å². The third-order valence-corrected chi connectivity index (χ3v) is 5.97. The van der Waals surface area contributed by atoms with E-state index < -0.39 is 36.3 Å². The zero-order chi connectivity index (χ0) is 26.5. The van der Waals surface area contributed by atoms with Crippen LogP contribution in [0, 0.1) is 0 Å². The first-order valence-corrected chi connectivity index (χ1v) is 10.9. The molecule has 1 amide bonds. The predicted octanol–water partition coefficient (Wildman–Crippen LogP) is 5.45. The van der Waals surface area contributed by atoms with E-state index in [-0.39, 0.29) is 30.4 Å². The average Bonchev–Trinajstić information content (AvgIpc) is 3.47. The number of rotatable bonds is 4. The van der Waals surface area contributed by atoms with E-state index in [0.717, 1.165) is 21.7 Å². The topological polar surface area (TPSA) is 77.9 Å². The number of hydrogen-bond donors (Lipinski definition) is 1. The number of amides is 1. The second-order valence-electron chi connectivity index (χ2n) is 8.37. The van der Waals surface area contributed by atoms with Gasteiger partial charge in [-0.1, -0.05) is 6.07 Å². The second kappa shape index (κ2) is 8.78. The molecule has 3 aromatic rings. The molecular formula is C23H18F6N4O4. The Morgan fingerprint density at radius 1 is 1.05 bits per heavy atom. The fraction of sp³-hybridized carbons (Fsp3) is 0.304. The second-order valence-corrected chi connectivity index (χ2v) is 8.37. The molecule has 0 unspecified atom stereocenters. The van der Waals surface area contributed by atoms with Crippen molar-refractivity contribution in [3.05, 3.63) is 59.8 Å². The smallest absolute Gasteiger partial charge is 0.454 e. The molecule has 0 saturated carbocycles. The maximum absolute atomic E-state index is 14.0. The molecule has 0 radical (unpaired) electrons. The van der Waals surface area contributed by atoms with Crippen molar-refractivity contribution in [2.45, 2.75) is 31.0 Å². The molecule has 0 fully saturated rings. The Bertz CT molecular complexity index is 1320. The lowest BCUT2D eigenvalue weighted by atomic mass is 9.96. The normalized spacial score (nSPS) is 18.7. The van der Waals surface area contributed by atoms with E-state index in [1.807, 2.05) is 0 Å². The van der Waals surface area contributed by atoms with Gasteiger partial charge in [-0.15, -0.1) is 13.2 Å². The number of carbonyl (C=O) groups excluding carboxylic acids is 1. The highest BCUT2D eigenvalue weighted by Crippen LogP contribution is 2.45. The Kier molecular flexibility index (Phi) is 5.83. The minimum atomic E-state index is -4.88. The summed E-state index contributed by atoms with van der Waals surface area (Å²) in [6.45, 7) is 0.0197. The van der Waals surface area contributed by atoms with Crippen LogP contribution in [0.15, 0.2) is 48.5 Å². The zero-order valence-electron chi connectivity index (χ0n) is 18.9. The quantitative estimate of drug-likeness (QED) is 0.454. The summed E-state index contributed by atoms with van der Waals surface area (Å²) >= 11 is 0. The average molecular weight is 528 g/mol. The number of halogens is 6. The highest BCUT2D eigenvalue weighted by Gasteiger charge is 2.47. The Morgan fingerprint density at radius 2 is 1.76 bits per heavy atom. The van der Waals surface area contributed by atoms with Gasteiger partial charge in [-0.05, 0) is 42.0 Å². The number of carbonyl (C=O) groups is 1. The number of aromatic nitrogens is 2. The summed E-state index contributed by atoms with van der Waals surface area (Å²) < 4.78 is 94.2. The van der Waals surface area contributed by atoms with Crippen molar-refractivity contribution in [2.75, 3.05) is 24.1 Å². The molecule has 0 saturated heterocycles. The van der Waals surface area contributed by atoms with Gasteiger partial charge in [-0.25, -0.2) is 4.68 Å². The molecule has 2 atom stereocenters. The molecule has 0 aliphatic carbocycles. The molecule has 5 rings (SSSR count). The molecule has 37 heavy (non-hydrogen) atoms. The minimum Gasteiger partial charge on any atom is -0.454 e. The highest BCUT2D eigenvalue weighted by molar-refractivity contribution is 6.04. The van der Waals surface area contributed by atoms with Crippen molar-refractivity contribution < 1.29 is 45.3 Å². The highest BCUT2D eigenvalue weighted by atomic mass is 19.4. The van der Waals surface area contributed by atoms with Crippen LogP contribution in [0.25, 0.3) is 0 Å². The lowest BCUT2D eigenvalue weighted by Gasteiger charge is -2.33. The summed E-state index contributed by atoms with van der Waals surface area (Å²) in [5, 5.41) is 6.92. The lowest BCUT2D eigenvalue weighted by Crippen LogP contribution is -2.36. The Hall–Kier alpha value is -4.10. The number of nitrogens with one attached hydrogen (secondary N) is 1. The van der Waals surface area contributed by atoms with E-state index in [9.17, 15) is 31.1 Å². The largest absolute Gasteiger partial charge is 0.573 e. The summed E-state index contributed by atoms with van der Waals surface area (Å²) in [6.07, 6.45) is -9.92. The van der Waals surface area contributed by atoms with Crippen LogP contribution in [-0.2, 0) is 0 Å². The van der Waals surface area contributed by atoms with Crippen molar-refractivity contribution in [1.82, 2.24) is 9.78 Å². The molecule has 0 spiro atoms. The van der Waals surface area contributed by atoms with Gasteiger partial charge >= 0.3 is 12.5 Å². The number of benzene rings is 2. The predicted molar refractivity (Wildman–Crippen MR) is 117 cm³/mol. The van der Waals surface area contributed by atoms with Gasteiger partial charge in [0.05, 0.1) is 6.04 Å². The zero-order valence-corrected chi connectivity index (χ0v) is 18.9. The fourth-order valence-electron chi connectivity index (χ4n) is 4.19. The third kappa shape index (κ3) is 4.95. The number of ether oxygens (including phenoxy) is 3. The van der Waals surface area contributed by atoms with E-state index in [2.05, 4.69) is 15.2 Å². The molecular weight excluding hydrogens is 510 g/mol. The van der Waals surface area contributed by atoms with Gasteiger partial charge < -0.3 is 24.4 Å². The summed E-state index contributed by atoms with van der Waals surface area (Å²) in [6, 6.07) is 7.74. The standard InChI is InChI=1S/C23H18F6N4O4/c1-32(13-3-5-14(6-4-13)37-23(27,28)29)21(34)16-10-20-30-15(9-19(22(24,25)26)33(20)31-16)12-2-7-17-18(8-12)36-11-35-17/h2-8,10,15,19,30H,9,11H2,1H3/t15-,19-/m1/s1. The van der Waals surface area contributed by atoms with E-state index in [0.29, 0.717) is 17.1 Å². The van der Waals surface area contributed by atoms with Gasteiger partial charge in [0, 0.05) is 25.2 Å². The van der Waals surface area contributed by atoms with Crippen LogP contribution in [0.4, 0.5) is 37.8 Å². The van der Waals surface area contributed by atoms with Crippen molar-refractivity contribution >= 4 is 17.4 Å². The van der Waals surface area contributed by atoms with Gasteiger partial charge in [0.25, 0.3) is 5.91 Å². The van der Waals surface area contributed by atoms with Gasteiger partial charge in [-0.3, -0.25) is 4.79 Å². The molecule has 2 aliphatic rings. The first kappa shape index (κ1) is 24.6. The molecule has 0 bridgehead atoms. The van der Waals surface area contributed by atoms with E-state index in [4.69, 9.17) is 9.47 Å². The molecule has 1 N–H and O–H groups in total. The van der Waals surface area contributed by atoms with Crippen LogP contribution in [0.2, 0.25) is 0 Å². The summed E-state index contributed by atoms with van der Waals surface area (Å²) in [5.74, 6) is -0.339. The molecule has 3 heterocycles. The first-order valence-electron chi connectivity index (χ1n) is 10.9. The molecule has 2 aromatic carbocycles. The van der Waals surface area contributed by atoms with Gasteiger partial charge in [-0.2, -0.15) is 18.3 Å². The van der Waals surface area contributed by atoms with Crippen molar-refractivity contribution in [1.29, 1.82) is 0 Å². The number of nitrogens with zero attached hydrogens (tertiary/aromatic N) is 3. The van der Waals surface area contributed by atoms with E-state index in [1.54, 1.807) is 18.2 Å². The Balaban J connectivity index is 1.40. The maximum Gasteiger partial charge on any atom is 0.573 e. The van der Waals surface area contributed by atoms with Crippen LogP contribution in [-0.4, -0.2) is 42.1 Å². The monoisotopic (exact) mass is 528 g/mol. The molecule has 8 nitrogen and oxygen atoms in total. The molecule has 196 valence electrons. The minimum absolute atomic E-state index is 0.0121. The van der Waals surface area contributed by atoms with E-state index in [1.165, 1.54) is 25.2 Å². The summed E-state index contributed by atoms with van der Waals surface area (Å²) in [5.41, 5.74) is 0.447. The maximum atomic E-state index is 14.0. The van der Waals surface area contributed by atoms with Crippen molar-refractivity contribution in [3.8, 4) is 17.2 Å². The molecule has 14 heteroatoms. The Morgan fingerprint density at radius 3 is 2.43 bits per heavy atom. The van der Waals surface area contributed by atoms with Crippen molar-refractivity contribution in [3.63, 3.8) is 0 Å². The van der Waals surface area contributed by atoms with Crippen LogP contribution < -0.4 is 24.4 Å². The van der Waals surface area contributed by atoms with Gasteiger partial charge in [0.2, 0.25) is 6.79 Å².